The largest absolute Gasteiger partial charge is 0.497 e. The fourth-order valence-electron chi connectivity index (χ4n) is 2.32. The van der Waals surface area contributed by atoms with Crippen molar-refractivity contribution >= 4 is 39.4 Å². The van der Waals surface area contributed by atoms with Gasteiger partial charge in [0.1, 0.15) is 0 Å². The number of benzene rings is 1. The third kappa shape index (κ3) is 1.95. The molecular weight excluding hydrogens is 305 g/mol. The van der Waals surface area contributed by atoms with E-state index < -0.39 is 0 Å². The maximum atomic E-state index is 6.11. The number of H-pyrrole nitrogens is 1. The SMILES string of the molecule is CC1(C)OB(c2c[nH]c3cccc(Br)c23)OC1(C)C. The number of aromatic amines is 1. The van der Waals surface area contributed by atoms with Crippen molar-refractivity contribution in [1.29, 1.82) is 0 Å². The molecule has 3 rings (SSSR count). The second-order valence-corrected chi connectivity index (χ2v) is 6.85. The lowest BCUT2D eigenvalue weighted by molar-refractivity contribution is 0.00578. The second-order valence-electron chi connectivity index (χ2n) is 5.99. The van der Waals surface area contributed by atoms with Crippen LogP contribution >= 0.6 is 15.9 Å². The maximum Gasteiger partial charge on any atom is 0.497 e. The van der Waals surface area contributed by atoms with Gasteiger partial charge in [0.15, 0.2) is 0 Å². The Hall–Kier alpha value is -0.775. The third-order valence-corrected chi connectivity index (χ3v) is 4.85. The minimum absolute atomic E-state index is 0.317. The number of nitrogens with one attached hydrogen (secondary N) is 1. The van der Waals surface area contributed by atoms with E-state index in [1.807, 2.05) is 18.3 Å². The summed E-state index contributed by atoms with van der Waals surface area (Å²) >= 11 is 3.60. The molecule has 0 spiro atoms. The molecule has 1 aliphatic heterocycles. The molecule has 1 fully saturated rings. The Labute approximate surface area is 121 Å². The molecule has 1 saturated heterocycles. The van der Waals surface area contributed by atoms with E-state index in [4.69, 9.17) is 9.31 Å². The van der Waals surface area contributed by atoms with E-state index >= 15 is 0 Å². The predicted molar refractivity (Wildman–Crippen MR) is 81.7 cm³/mol. The molecule has 0 aliphatic carbocycles. The molecule has 0 atom stereocenters. The molecule has 1 aromatic carbocycles. The van der Waals surface area contributed by atoms with Crippen molar-refractivity contribution in [3.05, 3.63) is 28.9 Å². The van der Waals surface area contributed by atoms with Crippen LogP contribution < -0.4 is 5.46 Å². The van der Waals surface area contributed by atoms with Crippen LogP contribution in [0.2, 0.25) is 0 Å². The van der Waals surface area contributed by atoms with Crippen molar-refractivity contribution in [3.63, 3.8) is 0 Å². The molecule has 0 saturated carbocycles. The lowest BCUT2D eigenvalue weighted by Crippen LogP contribution is -2.41. The molecule has 5 heteroatoms. The Kier molecular flexibility index (Phi) is 2.86. The van der Waals surface area contributed by atoms with Crippen LogP contribution in [0.4, 0.5) is 0 Å². The van der Waals surface area contributed by atoms with Crippen LogP contribution in [0.1, 0.15) is 27.7 Å². The normalized spacial score (nSPS) is 21.2. The van der Waals surface area contributed by atoms with E-state index in [1.165, 1.54) is 0 Å². The lowest BCUT2D eigenvalue weighted by Gasteiger charge is -2.32. The number of aromatic nitrogens is 1. The average molecular weight is 322 g/mol. The molecule has 0 radical (unpaired) electrons. The first-order valence-corrected chi connectivity index (χ1v) is 7.22. The minimum atomic E-state index is -0.336. The summed E-state index contributed by atoms with van der Waals surface area (Å²) in [7, 11) is -0.336. The van der Waals surface area contributed by atoms with Crippen LogP contribution in [0.15, 0.2) is 28.9 Å². The van der Waals surface area contributed by atoms with Crippen molar-refractivity contribution < 1.29 is 9.31 Å². The number of halogens is 1. The number of hydrogen-bond acceptors (Lipinski definition) is 2. The molecule has 3 nitrogen and oxygen atoms in total. The summed E-state index contributed by atoms with van der Waals surface area (Å²) in [5.41, 5.74) is 1.49. The van der Waals surface area contributed by atoms with E-state index in [0.29, 0.717) is 0 Å². The van der Waals surface area contributed by atoms with Gasteiger partial charge in [-0.2, -0.15) is 0 Å². The molecule has 1 aliphatic rings. The third-order valence-electron chi connectivity index (χ3n) is 4.19. The Bertz CT molecular complexity index is 619. The zero-order valence-corrected chi connectivity index (χ0v) is 13.2. The van der Waals surface area contributed by atoms with Gasteiger partial charge in [0, 0.05) is 27.0 Å². The fourth-order valence-corrected chi connectivity index (χ4v) is 2.92. The molecule has 2 heterocycles. The van der Waals surface area contributed by atoms with Gasteiger partial charge in [-0.25, -0.2) is 0 Å². The highest BCUT2D eigenvalue weighted by atomic mass is 79.9. The van der Waals surface area contributed by atoms with Crippen molar-refractivity contribution in [1.82, 2.24) is 4.98 Å². The molecule has 19 heavy (non-hydrogen) atoms. The topological polar surface area (TPSA) is 34.2 Å². The summed E-state index contributed by atoms with van der Waals surface area (Å²) in [5, 5.41) is 1.13. The molecule has 1 N–H and O–H groups in total. The van der Waals surface area contributed by atoms with Crippen molar-refractivity contribution in [2.24, 2.45) is 0 Å². The predicted octanol–water partition coefficient (Wildman–Crippen LogP) is 3.23. The Balaban J connectivity index is 2.08. The van der Waals surface area contributed by atoms with Crippen LogP contribution in [0, 0.1) is 0 Å². The fraction of sp³-hybridized carbons (Fsp3) is 0.429. The van der Waals surface area contributed by atoms with E-state index in [9.17, 15) is 0 Å². The van der Waals surface area contributed by atoms with Gasteiger partial charge < -0.3 is 14.3 Å². The summed E-state index contributed by atoms with van der Waals surface area (Å²) in [6.45, 7) is 8.27. The van der Waals surface area contributed by atoms with E-state index in [0.717, 1.165) is 20.8 Å². The van der Waals surface area contributed by atoms with E-state index in [1.54, 1.807) is 0 Å². The van der Waals surface area contributed by atoms with Crippen molar-refractivity contribution in [2.45, 2.75) is 38.9 Å². The van der Waals surface area contributed by atoms with E-state index in [2.05, 4.69) is 54.7 Å². The van der Waals surface area contributed by atoms with Crippen LogP contribution in [-0.4, -0.2) is 23.3 Å². The number of rotatable bonds is 1. The van der Waals surface area contributed by atoms with Crippen LogP contribution in [0.3, 0.4) is 0 Å². The monoisotopic (exact) mass is 321 g/mol. The molecule has 1 aromatic heterocycles. The van der Waals surface area contributed by atoms with Gasteiger partial charge in [-0.1, -0.05) is 22.0 Å². The summed E-state index contributed by atoms with van der Waals surface area (Å²) < 4.78 is 13.3. The first-order chi connectivity index (χ1) is 8.82. The maximum absolute atomic E-state index is 6.11. The van der Waals surface area contributed by atoms with E-state index in [-0.39, 0.29) is 18.3 Å². The van der Waals surface area contributed by atoms with Gasteiger partial charge in [-0.3, -0.25) is 0 Å². The molecular formula is C14H17BBrNO2. The van der Waals surface area contributed by atoms with Gasteiger partial charge in [0.05, 0.1) is 11.2 Å². The van der Waals surface area contributed by atoms with Crippen LogP contribution in [0.25, 0.3) is 10.9 Å². The molecule has 0 amide bonds. The van der Waals surface area contributed by atoms with Crippen molar-refractivity contribution in [2.75, 3.05) is 0 Å². The van der Waals surface area contributed by atoms with Gasteiger partial charge >= 0.3 is 7.12 Å². The summed E-state index contributed by atoms with van der Waals surface area (Å²) in [5.74, 6) is 0. The summed E-state index contributed by atoms with van der Waals surface area (Å²) in [6, 6.07) is 6.09. The Morgan fingerprint density at radius 3 is 2.37 bits per heavy atom. The Morgan fingerprint density at radius 2 is 1.74 bits per heavy atom. The van der Waals surface area contributed by atoms with Crippen molar-refractivity contribution in [3.8, 4) is 0 Å². The van der Waals surface area contributed by atoms with Gasteiger partial charge in [0.25, 0.3) is 0 Å². The molecule has 0 unspecified atom stereocenters. The standard InChI is InChI=1S/C14H17BBrNO2/c1-13(2)14(3,4)19-15(18-13)9-8-17-11-7-5-6-10(16)12(9)11/h5-8,17H,1-4H3. The number of fused-ring (bicyclic) bond motifs is 1. The first kappa shape index (κ1) is 13.2. The Morgan fingerprint density at radius 1 is 1.11 bits per heavy atom. The number of hydrogen-bond donors (Lipinski definition) is 1. The van der Waals surface area contributed by atoms with Crippen LogP contribution in [0.5, 0.6) is 0 Å². The zero-order valence-electron chi connectivity index (χ0n) is 11.6. The summed E-state index contributed by atoms with van der Waals surface area (Å²) in [4.78, 5) is 3.27. The van der Waals surface area contributed by atoms with Crippen LogP contribution in [-0.2, 0) is 9.31 Å². The quantitative estimate of drug-likeness (QED) is 0.818. The van der Waals surface area contributed by atoms with Gasteiger partial charge in [-0.05, 0) is 39.8 Å². The first-order valence-electron chi connectivity index (χ1n) is 6.43. The molecule has 2 aromatic rings. The van der Waals surface area contributed by atoms with Gasteiger partial charge in [0.2, 0.25) is 0 Å². The zero-order chi connectivity index (χ0) is 13.8. The van der Waals surface area contributed by atoms with Gasteiger partial charge in [-0.15, -0.1) is 0 Å². The smallest absolute Gasteiger partial charge is 0.399 e. The highest BCUT2D eigenvalue weighted by molar-refractivity contribution is 9.10. The highest BCUT2D eigenvalue weighted by Crippen LogP contribution is 2.37. The molecule has 0 bridgehead atoms. The molecule has 100 valence electrons. The average Bonchev–Trinajstić information content (AvgIpc) is 2.80. The minimum Gasteiger partial charge on any atom is -0.399 e. The second kappa shape index (κ2) is 4.11. The summed E-state index contributed by atoms with van der Waals surface area (Å²) in [6.07, 6.45) is 1.97. The highest BCUT2D eigenvalue weighted by Gasteiger charge is 2.52. The lowest BCUT2D eigenvalue weighted by atomic mass is 9.79.